The van der Waals surface area contributed by atoms with Crippen LogP contribution in [0.25, 0.3) is 16.9 Å². The zero-order chi connectivity index (χ0) is 23.0. The summed E-state index contributed by atoms with van der Waals surface area (Å²) in [7, 11) is 0. The second kappa shape index (κ2) is 8.18. The topological polar surface area (TPSA) is 78.9 Å². The lowest BCUT2D eigenvalue weighted by Gasteiger charge is -2.12. The first-order valence-electron chi connectivity index (χ1n) is 9.68. The first-order chi connectivity index (χ1) is 15.3. The maximum Gasteiger partial charge on any atom is 0.337 e. The second-order valence-electron chi connectivity index (χ2n) is 7.25. The summed E-state index contributed by atoms with van der Waals surface area (Å²) in [5, 5.41) is 0. The Balaban J connectivity index is 1.94. The Morgan fingerprint density at radius 1 is 1.12 bits per heavy atom. The van der Waals surface area contributed by atoms with Crippen LogP contribution < -0.4 is 11.2 Å². The molecule has 0 amide bonds. The van der Waals surface area contributed by atoms with E-state index in [1.54, 1.807) is 24.3 Å². The summed E-state index contributed by atoms with van der Waals surface area (Å²) in [6, 6.07) is 9.67. The van der Waals surface area contributed by atoms with Gasteiger partial charge in [0.1, 0.15) is 11.6 Å². The van der Waals surface area contributed by atoms with Gasteiger partial charge in [-0.2, -0.15) is 0 Å². The van der Waals surface area contributed by atoms with E-state index < -0.39 is 22.9 Å². The molecule has 7 nitrogen and oxygen atoms in total. The molecule has 0 saturated heterocycles. The number of Topliss-reactive ketones (excluding diaryl/α,β-unsaturated/α-hetero) is 1. The van der Waals surface area contributed by atoms with Crippen LogP contribution in [0, 0.1) is 18.6 Å². The summed E-state index contributed by atoms with van der Waals surface area (Å²) in [5.41, 5.74) is -0.581. The fraction of sp³-hybridized carbons (Fsp3) is 0.130. The van der Waals surface area contributed by atoms with Crippen molar-refractivity contribution < 1.29 is 13.6 Å². The van der Waals surface area contributed by atoms with Crippen molar-refractivity contribution in [2.24, 2.45) is 0 Å². The molecule has 0 aliphatic carbocycles. The molecule has 2 aromatic carbocycles. The second-order valence-corrected chi connectivity index (χ2v) is 7.25. The predicted octanol–water partition coefficient (Wildman–Crippen LogP) is 3.00. The zero-order valence-corrected chi connectivity index (χ0v) is 17.1. The summed E-state index contributed by atoms with van der Waals surface area (Å²) >= 11 is 0. The molecule has 162 valence electrons. The monoisotopic (exact) mass is 436 g/mol. The van der Waals surface area contributed by atoms with Crippen LogP contribution in [-0.2, 0) is 13.1 Å². The van der Waals surface area contributed by atoms with Crippen molar-refractivity contribution in [1.29, 1.82) is 0 Å². The molecule has 4 rings (SSSR count). The molecular formula is C23H18F2N4O3. The number of carbonyl (C=O) groups is 1. The van der Waals surface area contributed by atoms with Gasteiger partial charge < -0.3 is 4.57 Å². The van der Waals surface area contributed by atoms with Crippen LogP contribution >= 0.6 is 0 Å². The fourth-order valence-corrected chi connectivity index (χ4v) is 3.46. The lowest BCUT2D eigenvalue weighted by Crippen LogP contribution is -2.40. The number of imidazole rings is 1. The van der Waals surface area contributed by atoms with Crippen LogP contribution in [0.4, 0.5) is 8.78 Å². The number of hydrogen-bond donors (Lipinski definition) is 0. The number of ketones is 1. The average Bonchev–Trinajstić information content (AvgIpc) is 3.16. The van der Waals surface area contributed by atoms with E-state index in [1.807, 2.05) is 6.92 Å². The van der Waals surface area contributed by atoms with E-state index >= 15 is 0 Å². The molecule has 9 heteroatoms. The van der Waals surface area contributed by atoms with Crippen LogP contribution in [0.5, 0.6) is 0 Å². The van der Waals surface area contributed by atoms with Gasteiger partial charge in [-0.05, 0) is 19.1 Å². The highest BCUT2D eigenvalue weighted by atomic mass is 19.1. The van der Waals surface area contributed by atoms with Gasteiger partial charge in [-0.25, -0.2) is 23.1 Å². The molecule has 0 spiro atoms. The van der Waals surface area contributed by atoms with Gasteiger partial charge in [0.2, 0.25) is 0 Å². The minimum Gasteiger partial charge on any atom is -0.317 e. The Labute approximate surface area is 180 Å². The molecule has 4 aromatic rings. The normalized spacial score (nSPS) is 11.1. The van der Waals surface area contributed by atoms with E-state index in [4.69, 9.17) is 0 Å². The van der Waals surface area contributed by atoms with Crippen molar-refractivity contribution in [2.75, 3.05) is 0 Å². The molecule has 2 aromatic heterocycles. The van der Waals surface area contributed by atoms with Gasteiger partial charge in [0, 0.05) is 18.2 Å². The fourth-order valence-electron chi connectivity index (χ4n) is 3.46. The Bertz CT molecular complexity index is 1480. The van der Waals surface area contributed by atoms with Crippen LogP contribution in [-0.4, -0.2) is 24.5 Å². The Hall–Kier alpha value is -4.14. The van der Waals surface area contributed by atoms with Crippen molar-refractivity contribution in [3.05, 3.63) is 105 Å². The minimum absolute atomic E-state index is 0.0596. The summed E-state index contributed by atoms with van der Waals surface area (Å²) in [4.78, 5) is 43.0. The van der Waals surface area contributed by atoms with Crippen molar-refractivity contribution in [3.63, 3.8) is 0 Å². The third-order valence-electron chi connectivity index (χ3n) is 5.05. The van der Waals surface area contributed by atoms with E-state index in [2.05, 4.69) is 11.6 Å². The van der Waals surface area contributed by atoms with E-state index in [-0.39, 0.29) is 35.7 Å². The van der Waals surface area contributed by atoms with Crippen LogP contribution in [0.15, 0.2) is 71.0 Å². The highest BCUT2D eigenvalue weighted by Crippen LogP contribution is 2.18. The van der Waals surface area contributed by atoms with Gasteiger partial charge in [0.15, 0.2) is 16.9 Å². The maximum absolute atomic E-state index is 14.5. The summed E-state index contributed by atoms with van der Waals surface area (Å²) in [5.74, 6) is -2.09. The van der Waals surface area contributed by atoms with Gasteiger partial charge in [-0.1, -0.05) is 35.9 Å². The first kappa shape index (κ1) is 21.1. The number of fused-ring (bicyclic) bond motifs is 1. The lowest BCUT2D eigenvalue weighted by molar-refractivity contribution is 0.0973. The van der Waals surface area contributed by atoms with E-state index in [0.717, 1.165) is 26.8 Å². The average molecular weight is 436 g/mol. The summed E-state index contributed by atoms with van der Waals surface area (Å²) in [6.07, 6.45) is 2.59. The quantitative estimate of drug-likeness (QED) is 0.344. The number of allylic oxidation sites excluding steroid dienone is 1. The summed E-state index contributed by atoms with van der Waals surface area (Å²) < 4.78 is 31.0. The Kier molecular flexibility index (Phi) is 5.40. The molecule has 0 aliphatic rings. The van der Waals surface area contributed by atoms with Gasteiger partial charge >= 0.3 is 5.69 Å². The van der Waals surface area contributed by atoms with Gasteiger partial charge in [-0.15, -0.1) is 6.58 Å². The largest absolute Gasteiger partial charge is 0.337 e. The van der Waals surface area contributed by atoms with E-state index in [9.17, 15) is 23.2 Å². The molecule has 0 fully saturated rings. The number of carbonyl (C=O) groups excluding carboxylic acids is 1. The van der Waals surface area contributed by atoms with Crippen molar-refractivity contribution in [3.8, 4) is 5.69 Å². The van der Waals surface area contributed by atoms with E-state index in [0.29, 0.717) is 11.6 Å². The number of hydrogen-bond acceptors (Lipinski definition) is 4. The number of benzene rings is 2. The third-order valence-corrected chi connectivity index (χ3v) is 5.05. The van der Waals surface area contributed by atoms with Crippen LogP contribution in [0.1, 0.15) is 15.9 Å². The molecule has 0 unspecified atom stereocenters. The first-order valence-corrected chi connectivity index (χ1v) is 9.68. The van der Waals surface area contributed by atoms with Gasteiger partial charge in [0.05, 0.1) is 18.6 Å². The molecule has 0 N–H and O–H groups in total. The minimum atomic E-state index is -0.998. The number of aromatic nitrogens is 4. The molecule has 0 saturated carbocycles. The van der Waals surface area contributed by atoms with Crippen LogP contribution in [0.3, 0.4) is 0 Å². The highest BCUT2D eigenvalue weighted by molar-refractivity contribution is 5.96. The highest BCUT2D eigenvalue weighted by Gasteiger charge is 2.22. The molecule has 0 radical (unpaired) electrons. The molecular weight excluding hydrogens is 418 g/mol. The number of aryl methyl sites for hydroxylation is 1. The van der Waals surface area contributed by atoms with E-state index in [1.165, 1.54) is 17.0 Å². The van der Waals surface area contributed by atoms with Gasteiger partial charge in [-0.3, -0.25) is 14.2 Å². The molecule has 0 atom stereocenters. The Morgan fingerprint density at radius 3 is 2.50 bits per heavy atom. The van der Waals surface area contributed by atoms with Crippen LogP contribution in [0.2, 0.25) is 0 Å². The Morgan fingerprint density at radius 2 is 1.84 bits per heavy atom. The molecule has 0 bridgehead atoms. The smallest absolute Gasteiger partial charge is 0.317 e. The standard InChI is InChI=1S/C23H18F2N4O3/c1-3-10-28-22(31)20-21(29(23(28)32)18-9-8-16(24)11-17(18)25)26-13-27(20)12-19(30)15-6-4-14(2)5-7-15/h3-9,11,13H,1,10,12H2,2H3. The number of rotatable bonds is 6. The SMILES string of the molecule is C=CCn1c(=O)c2c(ncn2CC(=O)c2ccc(C)cc2)n(-c2ccc(F)cc2F)c1=O. The third kappa shape index (κ3) is 3.58. The maximum atomic E-state index is 14.5. The lowest BCUT2D eigenvalue weighted by atomic mass is 10.1. The number of halogens is 2. The summed E-state index contributed by atoms with van der Waals surface area (Å²) in [6.45, 7) is 5.08. The van der Waals surface area contributed by atoms with Crippen molar-refractivity contribution >= 4 is 16.9 Å². The predicted molar refractivity (Wildman–Crippen MR) is 115 cm³/mol. The zero-order valence-electron chi connectivity index (χ0n) is 17.1. The van der Waals surface area contributed by atoms with Crippen molar-refractivity contribution in [1.82, 2.24) is 18.7 Å². The molecule has 0 aliphatic heterocycles. The molecule has 32 heavy (non-hydrogen) atoms. The van der Waals surface area contributed by atoms with Crippen molar-refractivity contribution in [2.45, 2.75) is 20.0 Å². The number of nitrogens with zero attached hydrogens (tertiary/aromatic N) is 4. The van der Waals surface area contributed by atoms with Gasteiger partial charge in [0.25, 0.3) is 5.56 Å². The molecule has 2 heterocycles.